The molecule has 2 unspecified atom stereocenters. The van der Waals surface area contributed by atoms with Crippen molar-refractivity contribution in [2.75, 3.05) is 4.90 Å². The Hall–Kier alpha value is -1.34. The van der Waals surface area contributed by atoms with E-state index >= 15 is 0 Å². The molecule has 1 aliphatic heterocycles. The van der Waals surface area contributed by atoms with Crippen LogP contribution in [0.25, 0.3) is 0 Å². The van der Waals surface area contributed by atoms with Gasteiger partial charge in [0, 0.05) is 16.6 Å². The number of rotatable bonds is 1. The molecule has 0 saturated carbocycles. The Morgan fingerprint density at radius 2 is 2.06 bits per heavy atom. The van der Waals surface area contributed by atoms with E-state index in [2.05, 4.69) is 22.0 Å². The van der Waals surface area contributed by atoms with Crippen LogP contribution in [0.1, 0.15) is 13.3 Å². The van der Waals surface area contributed by atoms with Gasteiger partial charge < -0.3 is 4.90 Å². The molecule has 1 saturated heterocycles. The van der Waals surface area contributed by atoms with Crippen LogP contribution in [0.3, 0.4) is 0 Å². The average molecular weight is 279 g/mol. The Morgan fingerprint density at radius 3 is 2.56 bits per heavy atom. The first-order valence-corrected chi connectivity index (χ1v) is 5.90. The second kappa shape index (κ2) is 4.26. The zero-order valence-corrected chi connectivity index (χ0v) is 10.4. The Kier molecular flexibility index (Phi) is 2.97. The van der Waals surface area contributed by atoms with Crippen LogP contribution in [-0.2, 0) is 4.79 Å². The van der Waals surface area contributed by atoms with Crippen LogP contribution < -0.4 is 4.90 Å². The second-order valence-electron chi connectivity index (χ2n) is 3.92. The molecule has 2 atom stereocenters. The topological polar surface area (TPSA) is 44.1 Å². The molecule has 16 heavy (non-hydrogen) atoms. The monoisotopic (exact) mass is 278 g/mol. The molecular weight excluding hydrogens is 268 g/mol. The lowest BCUT2D eigenvalue weighted by atomic mass is 10.0. The molecule has 0 spiro atoms. The van der Waals surface area contributed by atoms with Crippen molar-refractivity contribution in [2.45, 2.75) is 19.4 Å². The summed E-state index contributed by atoms with van der Waals surface area (Å²) in [6.07, 6.45) is 0.327. The number of nitrogens with zero attached hydrogens (tertiary/aromatic N) is 2. The van der Waals surface area contributed by atoms with Crippen LogP contribution in [-0.4, -0.2) is 11.9 Å². The lowest BCUT2D eigenvalue weighted by Crippen LogP contribution is -2.32. The molecule has 1 heterocycles. The third-order valence-electron chi connectivity index (χ3n) is 2.92. The van der Waals surface area contributed by atoms with Crippen molar-refractivity contribution in [3.05, 3.63) is 28.7 Å². The van der Waals surface area contributed by atoms with Crippen molar-refractivity contribution in [1.82, 2.24) is 0 Å². The van der Waals surface area contributed by atoms with Crippen molar-refractivity contribution in [3.8, 4) is 6.07 Å². The predicted molar refractivity (Wildman–Crippen MR) is 64.8 cm³/mol. The maximum Gasteiger partial charge on any atom is 0.228 e. The third-order valence-corrected chi connectivity index (χ3v) is 3.45. The zero-order chi connectivity index (χ0) is 11.7. The molecule has 1 aliphatic rings. The highest BCUT2D eigenvalue weighted by molar-refractivity contribution is 9.10. The van der Waals surface area contributed by atoms with Crippen LogP contribution in [0, 0.1) is 17.2 Å². The van der Waals surface area contributed by atoms with Crippen LogP contribution in [0.5, 0.6) is 0 Å². The fourth-order valence-electron chi connectivity index (χ4n) is 2.00. The summed E-state index contributed by atoms with van der Waals surface area (Å²) in [5.41, 5.74) is 0.860. The largest absolute Gasteiger partial charge is 0.308 e. The number of carbonyl (C=O) groups excluding carboxylic acids is 1. The van der Waals surface area contributed by atoms with E-state index in [1.807, 2.05) is 31.2 Å². The number of nitriles is 1. The summed E-state index contributed by atoms with van der Waals surface area (Å²) >= 11 is 3.35. The van der Waals surface area contributed by atoms with Crippen molar-refractivity contribution >= 4 is 27.5 Å². The molecule has 1 fully saturated rings. The lowest BCUT2D eigenvalue weighted by molar-refractivity contribution is -0.117. The molecule has 0 bridgehead atoms. The van der Waals surface area contributed by atoms with E-state index < -0.39 is 0 Å². The number of hydrogen-bond acceptors (Lipinski definition) is 2. The molecule has 1 aromatic carbocycles. The molecule has 0 aromatic heterocycles. The highest BCUT2D eigenvalue weighted by Crippen LogP contribution is 2.30. The minimum atomic E-state index is -0.198. The maximum atomic E-state index is 11.8. The van der Waals surface area contributed by atoms with E-state index in [0.29, 0.717) is 6.42 Å². The van der Waals surface area contributed by atoms with Gasteiger partial charge in [0.2, 0.25) is 5.91 Å². The lowest BCUT2D eigenvalue weighted by Gasteiger charge is -2.22. The van der Waals surface area contributed by atoms with E-state index in [4.69, 9.17) is 5.26 Å². The summed E-state index contributed by atoms with van der Waals surface area (Å²) in [6.45, 7) is 1.92. The van der Waals surface area contributed by atoms with Crippen LogP contribution in [0.2, 0.25) is 0 Å². The maximum absolute atomic E-state index is 11.8. The van der Waals surface area contributed by atoms with Gasteiger partial charge in [0.05, 0.1) is 18.0 Å². The average Bonchev–Trinajstić information content (AvgIpc) is 2.56. The molecular formula is C12H11BrN2O. The Bertz CT molecular complexity index is 449. The Balaban J connectivity index is 2.31. The first-order chi connectivity index (χ1) is 7.63. The van der Waals surface area contributed by atoms with Gasteiger partial charge in [-0.2, -0.15) is 5.26 Å². The standard InChI is InChI=1S/C12H11BrN2O/c1-8-9(7-14)6-12(16)15(8)11-4-2-10(13)3-5-11/h2-5,8-9H,6H2,1H3. The van der Waals surface area contributed by atoms with Crippen molar-refractivity contribution in [1.29, 1.82) is 5.26 Å². The van der Waals surface area contributed by atoms with E-state index in [1.165, 1.54) is 0 Å². The summed E-state index contributed by atoms with van der Waals surface area (Å²) in [4.78, 5) is 13.5. The second-order valence-corrected chi connectivity index (χ2v) is 4.84. The van der Waals surface area contributed by atoms with Gasteiger partial charge in [-0.1, -0.05) is 15.9 Å². The number of amides is 1. The molecule has 4 heteroatoms. The van der Waals surface area contributed by atoms with Crippen LogP contribution in [0.4, 0.5) is 5.69 Å². The summed E-state index contributed by atoms with van der Waals surface area (Å²) in [6, 6.07) is 9.71. The molecule has 2 rings (SSSR count). The molecule has 0 aliphatic carbocycles. The SMILES string of the molecule is CC1C(C#N)CC(=O)N1c1ccc(Br)cc1. The van der Waals surface area contributed by atoms with Crippen molar-refractivity contribution in [3.63, 3.8) is 0 Å². The number of anilines is 1. The summed E-state index contributed by atoms with van der Waals surface area (Å²) in [7, 11) is 0. The van der Waals surface area contributed by atoms with Gasteiger partial charge in [-0.05, 0) is 31.2 Å². The molecule has 1 amide bonds. The summed E-state index contributed by atoms with van der Waals surface area (Å²) in [5, 5.41) is 8.93. The quantitative estimate of drug-likeness (QED) is 0.793. The third kappa shape index (κ3) is 1.83. The summed E-state index contributed by atoms with van der Waals surface area (Å²) in [5.74, 6) is -0.169. The molecule has 0 radical (unpaired) electrons. The van der Waals surface area contributed by atoms with Gasteiger partial charge >= 0.3 is 0 Å². The van der Waals surface area contributed by atoms with Gasteiger partial charge in [-0.3, -0.25) is 4.79 Å². The van der Waals surface area contributed by atoms with Crippen molar-refractivity contribution in [2.24, 2.45) is 5.92 Å². The van der Waals surface area contributed by atoms with Gasteiger partial charge in [0.25, 0.3) is 0 Å². The number of benzene rings is 1. The Morgan fingerprint density at radius 1 is 1.44 bits per heavy atom. The number of carbonyl (C=O) groups is 1. The van der Waals surface area contributed by atoms with Crippen LogP contribution in [0.15, 0.2) is 28.7 Å². The highest BCUT2D eigenvalue weighted by Gasteiger charge is 2.37. The smallest absolute Gasteiger partial charge is 0.228 e. The van der Waals surface area contributed by atoms with E-state index in [-0.39, 0.29) is 17.9 Å². The number of halogens is 1. The van der Waals surface area contributed by atoms with Crippen molar-refractivity contribution < 1.29 is 4.79 Å². The minimum Gasteiger partial charge on any atom is -0.308 e. The highest BCUT2D eigenvalue weighted by atomic mass is 79.9. The fourth-order valence-corrected chi connectivity index (χ4v) is 2.26. The minimum absolute atomic E-state index is 0.0290. The van der Waals surface area contributed by atoms with Gasteiger partial charge in [-0.25, -0.2) is 0 Å². The normalized spacial score (nSPS) is 24.6. The number of hydrogen-bond donors (Lipinski definition) is 0. The van der Waals surface area contributed by atoms with Crippen LogP contribution >= 0.6 is 15.9 Å². The zero-order valence-electron chi connectivity index (χ0n) is 8.85. The fraction of sp³-hybridized carbons (Fsp3) is 0.333. The summed E-state index contributed by atoms with van der Waals surface area (Å²) < 4.78 is 0.979. The molecule has 1 aromatic rings. The Labute approximate surface area is 103 Å². The first kappa shape index (κ1) is 11.2. The molecule has 0 N–H and O–H groups in total. The van der Waals surface area contributed by atoms with Gasteiger partial charge in [0.1, 0.15) is 0 Å². The van der Waals surface area contributed by atoms with Gasteiger partial charge in [0.15, 0.2) is 0 Å². The molecule has 3 nitrogen and oxygen atoms in total. The van der Waals surface area contributed by atoms with E-state index in [1.54, 1.807) is 4.90 Å². The predicted octanol–water partition coefficient (Wildman–Crippen LogP) is 2.71. The van der Waals surface area contributed by atoms with E-state index in [9.17, 15) is 4.79 Å². The first-order valence-electron chi connectivity index (χ1n) is 5.10. The van der Waals surface area contributed by atoms with E-state index in [0.717, 1.165) is 10.2 Å². The van der Waals surface area contributed by atoms with Gasteiger partial charge in [-0.15, -0.1) is 0 Å². The molecule has 82 valence electrons.